The second-order valence-electron chi connectivity index (χ2n) is 6.17. The van der Waals surface area contributed by atoms with Gasteiger partial charge < -0.3 is 25.0 Å². The third-order valence-electron chi connectivity index (χ3n) is 4.42. The number of hydrogen-bond acceptors (Lipinski definition) is 6. The molecule has 2 aromatic rings. The van der Waals surface area contributed by atoms with Crippen LogP contribution in [-0.4, -0.2) is 44.9 Å². The number of carbonyl (C=O) groups is 1. The van der Waals surface area contributed by atoms with Crippen molar-refractivity contribution in [1.29, 1.82) is 0 Å². The number of urea groups is 1. The van der Waals surface area contributed by atoms with Crippen LogP contribution in [0.3, 0.4) is 0 Å². The Bertz CT molecular complexity index is 723. The number of rotatable bonds is 6. The molecule has 2 amide bonds. The van der Waals surface area contributed by atoms with E-state index >= 15 is 0 Å². The molecule has 1 aromatic heterocycles. The Morgan fingerprint density at radius 2 is 2.27 bits per heavy atom. The van der Waals surface area contributed by atoms with Crippen LogP contribution >= 0.6 is 11.3 Å². The third kappa shape index (κ3) is 4.57. The van der Waals surface area contributed by atoms with Gasteiger partial charge in [0.2, 0.25) is 0 Å². The molecule has 1 saturated heterocycles. The van der Waals surface area contributed by atoms with E-state index in [0.29, 0.717) is 29.6 Å². The summed E-state index contributed by atoms with van der Waals surface area (Å²) in [5.74, 6) is 1.65. The summed E-state index contributed by atoms with van der Waals surface area (Å²) in [6, 6.07) is 5.05. The number of nitrogens with zero attached hydrogens (tertiary/aromatic N) is 2. The maximum Gasteiger partial charge on any atom is 0.319 e. The molecule has 1 aromatic carbocycles. The lowest BCUT2D eigenvalue weighted by molar-refractivity contribution is 0.249. The number of hydrogen-bond donors (Lipinski definition) is 2. The van der Waals surface area contributed by atoms with E-state index in [1.54, 1.807) is 43.8 Å². The molecule has 1 unspecified atom stereocenters. The highest BCUT2D eigenvalue weighted by Crippen LogP contribution is 2.29. The van der Waals surface area contributed by atoms with Crippen molar-refractivity contribution in [2.24, 2.45) is 5.92 Å². The van der Waals surface area contributed by atoms with Crippen LogP contribution < -0.4 is 25.0 Å². The summed E-state index contributed by atoms with van der Waals surface area (Å²) >= 11 is 1.66. The van der Waals surface area contributed by atoms with Gasteiger partial charge in [-0.3, -0.25) is 0 Å². The molecule has 1 fully saturated rings. The molecular weight excluding hydrogens is 352 g/mol. The van der Waals surface area contributed by atoms with E-state index in [4.69, 9.17) is 9.47 Å². The van der Waals surface area contributed by atoms with Crippen molar-refractivity contribution in [2.75, 3.05) is 44.1 Å². The van der Waals surface area contributed by atoms with Crippen LogP contribution in [0.25, 0.3) is 0 Å². The number of ether oxygens (including phenoxy) is 2. The first-order valence-corrected chi connectivity index (χ1v) is 9.49. The van der Waals surface area contributed by atoms with Crippen LogP contribution in [0.1, 0.15) is 12.8 Å². The summed E-state index contributed by atoms with van der Waals surface area (Å²) in [5, 5.41) is 8.85. The first kappa shape index (κ1) is 18.3. The number of carbonyl (C=O) groups excluding carboxylic acids is 1. The van der Waals surface area contributed by atoms with Gasteiger partial charge in [0.1, 0.15) is 11.5 Å². The Morgan fingerprint density at radius 3 is 3.00 bits per heavy atom. The highest BCUT2D eigenvalue weighted by Gasteiger charge is 2.22. The van der Waals surface area contributed by atoms with Crippen LogP contribution in [0.5, 0.6) is 11.5 Å². The molecule has 1 atom stereocenters. The molecule has 8 heteroatoms. The molecule has 3 rings (SSSR count). The second-order valence-corrected chi connectivity index (χ2v) is 7.04. The standard InChI is InChI=1S/C18H24N4O3S/c1-24-14-5-6-15(16(10-14)25-2)21-17(23)20-11-13-4-3-8-22(12-13)18-19-7-9-26-18/h5-7,9-10,13H,3-4,8,11-12H2,1-2H3,(H2,20,21,23). The van der Waals surface area contributed by atoms with Crippen molar-refractivity contribution in [3.63, 3.8) is 0 Å². The number of amides is 2. The van der Waals surface area contributed by atoms with Crippen molar-refractivity contribution in [1.82, 2.24) is 10.3 Å². The van der Waals surface area contributed by atoms with E-state index < -0.39 is 0 Å². The lowest BCUT2D eigenvalue weighted by Crippen LogP contribution is -2.42. The van der Waals surface area contributed by atoms with Crippen molar-refractivity contribution >= 4 is 28.2 Å². The van der Waals surface area contributed by atoms with Gasteiger partial charge in [0.25, 0.3) is 0 Å². The van der Waals surface area contributed by atoms with Gasteiger partial charge >= 0.3 is 6.03 Å². The van der Waals surface area contributed by atoms with Gasteiger partial charge in [0, 0.05) is 37.3 Å². The van der Waals surface area contributed by atoms with E-state index in [1.165, 1.54) is 0 Å². The number of methoxy groups -OCH3 is 2. The summed E-state index contributed by atoms with van der Waals surface area (Å²) in [4.78, 5) is 18.9. The zero-order valence-corrected chi connectivity index (χ0v) is 15.8. The number of piperidine rings is 1. The Labute approximate surface area is 157 Å². The lowest BCUT2D eigenvalue weighted by atomic mass is 9.98. The van der Waals surface area contributed by atoms with Gasteiger partial charge in [0.05, 0.1) is 19.9 Å². The highest BCUT2D eigenvalue weighted by molar-refractivity contribution is 7.13. The molecule has 0 radical (unpaired) electrons. The fourth-order valence-corrected chi connectivity index (χ4v) is 3.76. The zero-order valence-electron chi connectivity index (χ0n) is 15.0. The normalized spacial score (nSPS) is 16.8. The second kappa shape index (κ2) is 8.75. The average molecular weight is 376 g/mol. The first-order valence-electron chi connectivity index (χ1n) is 8.61. The zero-order chi connectivity index (χ0) is 18.4. The molecule has 0 saturated carbocycles. The summed E-state index contributed by atoms with van der Waals surface area (Å²) in [7, 11) is 3.15. The first-order chi connectivity index (χ1) is 12.7. The molecule has 0 bridgehead atoms. The number of aromatic nitrogens is 1. The largest absolute Gasteiger partial charge is 0.497 e. The summed E-state index contributed by atoms with van der Waals surface area (Å²) < 4.78 is 10.5. The maximum atomic E-state index is 12.3. The van der Waals surface area contributed by atoms with Gasteiger partial charge in [0.15, 0.2) is 5.13 Å². The molecule has 2 N–H and O–H groups in total. The summed E-state index contributed by atoms with van der Waals surface area (Å²) in [5.41, 5.74) is 0.610. The van der Waals surface area contributed by atoms with Crippen LogP contribution in [0, 0.1) is 5.92 Å². The SMILES string of the molecule is COc1ccc(NC(=O)NCC2CCCN(c3nccs3)C2)c(OC)c1. The summed E-state index contributed by atoms with van der Waals surface area (Å²) in [6.07, 6.45) is 4.05. The minimum Gasteiger partial charge on any atom is -0.497 e. The van der Waals surface area contributed by atoms with Crippen LogP contribution in [0.15, 0.2) is 29.8 Å². The van der Waals surface area contributed by atoms with Crippen LogP contribution in [-0.2, 0) is 0 Å². The molecule has 26 heavy (non-hydrogen) atoms. The Hall–Kier alpha value is -2.48. The smallest absolute Gasteiger partial charge is 0.319 e. The van der Waals surface area contributed by atoms with Gasteiger partial charge in [-0.25, -0.2) is 9.78 Å². The Kier molecular flexibility index (Phi) is 6.17. The Balaban J connectivity index is 1.51. The molecule has 2 heterocycles. The minimum absolute atomic E-state index is 0.236. The molecule has 7 nitrogen and oxygen atoms in total. The topological polar surface area (TPSA) is 75.7 Å². The van der Waals surface area contributed by atoms with Gasteiger partial charge in [-0.1, -0.05) is 0 Å². The fourth-order valence-electron chi connectivity index (χ4n) is 3.08. The quantitative estimate of drug-likeness (QED) is 0.810. The van der Waals surface area contributed by atoms with Gasteiger partial charge in [-0.05, 0) is 30.9 Å². The van der Waals surface area contributed by atoms with E-state index in [0.717, 1.165) is 31.1 Å². The number of thiazole rings is 1. The number of anilines is 2. The highest BCUT2D eigenvalue weighted by atomic mass is 32.1. The van der Waals surface area contributed by atoms with E-state index in [9.17, 15) is 4.79 Å². The van der Waals surface area contributed by atoms with Crippen LogP contribution in [0.2, 0.25) is 0 Å². The molecule has 140 valence electrons. The maximum absolute atomic E-state index is 12.3. The molecule has 1 aliphatic heterocycles. The lowest BCUT2D eigenvalue weighted by Gasteiger charge is -2.32. The predicted octanol–water partition coefficient (Wildman–Crippen LogP) is 3.20. The van der Waals surface area contributed by atoms with Crippen molar-refractivity contribution in [3.8, 4) is 11.5 Å². The molecule has 0 spiro atoms. The van der Waals surface area contributed by atoms with E-state index in [-0.39, 0.29) is 6.03 Å². The molecular formula is C18H24N4O3S. The molecule has 0 aliphatic carbocycles. The van der Waals surface area contributed by atoms with Gasteiger partial charge in [-0.15, -0.1) is 11.3 Å². The minimum atomic E-state index is -0.236. The van der Waals surface area contributed by atoms with Crippen molar-refractivity contribution in [2.45, 2.75) is 12.8 Å². The van der Waals surface area contributed by atoms with Crippen molar-refractivity contribution < 1.29 is 14.3 Å². The monoisotopic (exact) mass is 376 g/mol. The van der Waals surface area contributed by atoms with E-state index in [2.05, 4.69) is 20.5 Å². The van der Waals surface area contributed by atoms with Crippen molar-refractivity contribution in [3.05, 3.63) is 29.8 Å². The third-order valence-corrected chi connectivity index (χ3v) is 5.25. The number of benzene rings is 1. The number of nitrogens with one attached hydrogen (secondary N) is 2. The fraction of sp³-hybridized carbons (Fsp3) is 0.444. The predicted molar refractivity (Wildman–Crippen MR) is 104 cm³/mol. The molecule has 1 aliphatic rings. The summed E-state index contributed by atoms with van der Waals surface area (Å²) in [6.45, 7) is 2.57. The van der Waals surface area contributed by atoms with E-state index in [1.807, 2.05) is 11.6 Å². The Morgan fingerprint density at radius 1 is 1.38 bits per heavy atom. The van der Waals surface area contributed by atoms with Gasteiger partial charge in [-0.2, -0.15) is 0 Å². The average Bonchev–Trinajstić information content (AvgIpc) is 3.22. The van der Waals surface area contributed by atoms with Crippen LogP contribution in [0.4, 0.5) is 15.6 Å².